The average Bonchev–Trinajstić information content (AvgIpc) is 2.63. The van der Waals surface area contributed by atoms with Crippen LogP contribution >= 0.6 is 0 Å². The van der Waals surface area contributed by atoms with Crippen molar-refractivity contribution >= 4 is 23.1 Å². The van der Waals surface area contributed by atoms with Crippen LogP contribution in [0.4, 0.5) is 11.4 Å². The summed E-state index contributed by atoms with van der Waals surface area (Å²) in [7, 11) is 0. The van der Waals surface area contributed by atoms with E-state index in [9.17, 15) is 19.7 Å². The first-order valence-corrected chi connectivity index (χ1v) is 6.30. The van der Waals surface area contributed by atoms with Gasteiger partial charge < -0.3 is 10.2 Å². The topological polar surface area (TPSA) is 92.6 Å². The third-order valence-corrected chi connectivity index (χ3v) is 3.05. The minimum absolute atomic E-state index is 0.105. The number of fused-ring (bicyclic) bond motifs is 1. The Morgan fingerprint density at radius 3 is 2.65 bits per heavy atom. The molecule has 0 spiro atoms. The molecule has 0 fully saturated rings. The number of nitrogens with one attached hydrogen (secondary N) is 1. The highest BCUT2D eigenvalue weighted by atomic mass is 16.6. The summed E-state index contributed by atoms with van der Waals surface area (Å²) >= 11 is 0. The summed E-state index contributed by atoms with van der Waals surface area (Å²) in [5.41, 5.74) is 0.358. The van der Waals surface area contributed by atoms with Crippen LogP contribution in [0.3, 0.4) is 0 Å². The highest BCUT2D eigenvalue weighted by Crippen LogP contribution is 2.31. The van der Waals surface area contributed by atoms with Gasteiger partial charge in [-0.15, -0.1) is 0 Å². The largest absolute Gasteiger partial charge is 0.313 e. The average molecular weight is 277 g/mol. The van der Waals surface area contributed by atoms with Crippen molar-refractivity contribution < 1.29 is 14.5 Å². The molecule has 1 N–H and O–H groups in total. The summed E-state index contributed by atoms with van der Waals surface area (Å²) in [5, 5.41) is 13.9. The number of non-ortho nitro benzene ring substituents is 1. The normalized spacial score (nSPS) is 14.1. The van der Waals surface area contributed by atoms with Gasteiger partial charge in [-0.2, -0.15) is 0 Å². The van der Waals surface area contributed by atoms with Crippen molar-refractivity contribution in [2.45, 2.75) is 19.9 Å². The van der Waals surface area contributed by atoms with Gasteiger partial charge >= 0.3 is 0 Å². The first kappa shape index (κ1) is 14.1. The molecular weight excluding hydrogens is 262 g/mol. The van der Waals surface area contributed by atoms with E-state index >= 15 is 0 Å². The first-order chi connectivity index (χ1) is 9.41. The van der Waals surface area contributed by atoms with Crippen molar-refractivity contribution in [3.63, 3.8) is 0 Å². The molecule has 0 saturated carbocycles. The zero-order valence-corrected chi connectivity index (χ0v) is 11.3. The smallest absolute Gasteiger partial charge is 0.299 e. The Morgan fingerprint density at radius 2 is 2.05 bits per heavy atom. The van der Waals surface area contributed by atoms with Crippen molar-refractivity contribution in [2.75, 3.05) is 18.0 Å². The molecule has 0 saturated heterocycles. The van der Waals surface area contributed by atoms with E-state index in [1.54, 1.807) is 0 Å². The molecule has 0 aromatic heterocycles. The predicted molar refractivity (Wildman–Crippen MR) is 72.9 cm³/mol. The van der Waals surface area contributed by atoms with Gasteiger partial charge in [0.2, 0.25) is 0 Å². The maximum Gasteiger partial charge on any atom is 0.299 e. The van der Waals surface area contributed by atoms with Crippen LogP contribution in [0.25, 0.3) is 0 Å². The molecule has 1 aromatic rings. The lowest BCUT2D eigenvalue weighted by Crippen LogP contribution is -2.37. The fourth-order valence-corrected chi connectivity index (χ4v) is 2.09. The van der Waals surface area contributed by atoms with Crippen LogP contribution in [-0.4, -0.2) is 35.7 Å². The maximum atomic E-state index is 11.9. The lowest BCUT2D eigenvalue weighted by atomic mass is 10.1. The molecule has 0 bridgehead atoms. The van der Waals surface area contributed by atoms with Gasteiger partial charge in [-0.3, -0.25) is 19.7 Å². The van der Waals surface area contributed by atoms with Crippen LogP contribution in [0.1, 0.15) is 24.2 Å². The number of nitrogens with zero attached hydrogens (tertiary/aromatic N) is 2. The van der Waals surface area contributed by atoms with Crippen molar-refractivity contribution in [3.8, 4) is 0 Å². The molecule has 1 aromatic carbocycles. The number of nitro groups is 1. The lowest BCUT2D eigenvalue weighted by Gasteiger charge is -2.17. The predicted octanol–water partition coefficient (Wildman–Crippen LogP) is 1.12. The third kappa shape index (κ3) is 2.53. The molecule has 0 aliphatic carbocycles. The van der Waals surface area contributed by atoms with E-state index in [1.165, 1.54) is 17.0 Å². The van der Waals surface area contributed by atoms with Crippen LogP contribution in [-0.2, 0) is 4.79 Å². The molecule has 20 heavy (non-hydrogen) atoms. The second kappa shape index (κ2) is 5.38. The van der Waals surface area contributed by atoms with Gasteiger partial charge in [0.15, 0.2) is 0 Å². The van der Waals surface area contributed by atoms with Crippen LogP contribution in [0.15, 0.2) is 18.2 Å². The highest BCUT2D eigenvalue weighted by Gasteiger charge is 2.36. The molecule has 0 radical (unpaired) electrons. The van der Waals surface area contributed by atoms with Gasteiger partial charge in [-0.05, 0) is 6.07 Å². The fraction of sp³-hybridized carbons (Fsp3) is 0.385. The van der Waals surface area contributed by atoms with Gasteiger partial charge in [0.1, 0.15) is 0 Å². The number of carbonyl (C=O) groups is 2. The monoisotopic (exact) mass is 277 g/mol. The molecular formula is C13H15N3O4. The minimum Gasteiger partial charge on any atom is -0.313 e. The number of amides is 1. The van der Waals surface area contributed by atoms with Gasteiger partial charge in [0, 0.05) is 31.3 Å². The number of hydrogen-bond acceptors (Lipinski definition) is 5. The van der Waals surface area contributed by atoms with E-state index in [4.69, 9.17) is 0 Å². The second-order valence-electron chi connectivity index (χ2n) is 4.85. The summed E-state index contributed by atoms with van der Waals surface area (Å²) in [4.78, 5) is 35.2. The van der Waals surface area contributed by atoms with Crippen LogP contribution in [0, 0.1) is 10.1 Å². The maximum absolute atomic E-state index is 11.9. The summed E-state index contributed by atoms with van der Waals surface area (Å²) in [5.74, 6) is -1.32. The Bertz CT molecular complexity index is 583. The zero-order valence-electron chi connectivity index (χ0n) is 11.3. The number of benzene rings is 1. The van der Waals surface area contributed by atoms with Crippen molar-refractivity contribution in [1.82, 2.24) is 5.32 Å². The van der Waals surface area contributed by atoms with Gasteiger partial charge in [-0.25, -0.2) is 0 Å². The van der Waals surface area contributed by atoms with Gasteiger partial charge in [-0.1, -0.05) is 13.8 Å². The summed E-state index contributed by atoms with van der Waals surface area (Å²) in [6.07, 6.45) is 0. The molecule has 0 unspecified atom stereocenters. The summed E-state index contributed by atoms with van der Waals surface area (Å²) < 4.78 is 0. The van der Waals surface area contributed by atoms with Crippen LogP contribution < -0.4 is 10.2 Å². The molecule has 106 valence electrons. The fourth-order valence-electron chi connectivity index (χ4n) is 2.09. The molecule has 1 aliphatic rings. The summed E-state index contributed by atoms with van der Waals surface area (Å²) in [6.45, 7) is 4.86. The quantitative estimate of drug-likeness (QED) is 0.494. The third-order valence-electron chi connectivity index (χ3n) is 3.05. The minimum atomic E-state index is -0.687. The molecule has 2 rings (SSSR count). The lowest BCUT2D eigenvalue weighted by molar-refractivity contribution is -0.384. The summed E-state index contributed by atoms with van der Waals surface area (Å²) in [6, 6.07) is 4.18. The van der Waals surface area contributed by atoms with E-state index in [0.29, 0.717) is 18.8 Å². The Labute approximate surface area is 115 Å². The number of hydrogen-bond donors (Lipinski definition) is 1. The Balaban J connectivity index is 2.24. The van der Waals surface area contributed by atoms with Gasteiger partial charge in [0.25, 0.3) is 17.4 Å². The Kier molecular flexibility index (Phi) is 3.80. The van der Waals surface area contributed by atoms with Crippen molar-refractivity contribution in [2.24, 2.45) is 0 Å². The van der Waals surface area contributed by atoms with Crippen LogP contribution in [0.5, 0.6) is 0 Å². The van der Waals surface area contributed by atoms with E-state index < -0.39 is 16.6 Å². The van der Waals surface area contributed by atoms with Crippen LogP contribution in [0.2, 0.25) is 0 Å². The number of nitro benzene ring substituents is 1. The molecule has 7 nitrogen and oxygen atoms in total. The number of anilines is 1. The second-order valence-corrected chi connectivity index (χ2v) is 4.85. The molecule has 0 atom stereocenters. The van der Waals surface area contributed by atoms with Gasteiger partial charge in [0.05, 0.1) is 16.2 Å². The molecule has 1 heterocycles. The number of ketones is 1. The van der Waals surface area contributed by atoms with E-state index in [0.717, 1.165) is 6.07 Å². The molecule has 1 aliphatic heterocycles. The van der Waals surface area contributed by atoms with E-state index in [2.05, 4.69) is 5.32 Å². The van der Waals surface area contributed by atoms with E-state index in [-0.39, 0.29) is 17.3 Å². The number of carbonyl (C=O) groups excluding carboxylic acids is 2. The zero-order chi connectivity index (χ0) is 14.9. The molecule has 1 amide bonds. The van der Waals surface area contributed by atoms with Crippen molar-refractivity contribution in [1.29, 1.82) is 0 Å². The van der Waals surface area contributed by atoms with E-state index in [1.807, 2.05) is 13.8 Å². The standard InChI is InChI=1S/C13H15N3O4/c1-8(2)14-5-6-15-11-4-3-9(16(19)20)7-10(11)12(17)13(15)18/h3-4,7-8,14H,5-6H2,1-2H3. The number of Topliss-reactive ketones (excluding diaryl/α,β-unsaturated/α-hetero) is 1. The SMILES string of the molecule is CC(C)NCCN1C(=O)C(=O)c2cc([N+](=O)[O-])ccc21. The first-order valence-electron chi connectivity index (χ1n) is 6.30. The molecule has 7 heteroatoms. The number of rotatable bonds is 5. The highest BCUT2D eigenvalue weighted by molar-refractivity contribution is 6.52. The Hall–Kier alpha value is -2.28. The van der Waals surface area contributed by atoms with Crippen molar-refractivity contribution in [3.05, 3.63) is 33.9 Å². The Morgan fingerprint density at radius 1 is 1.35 bits per heavy atom.